The Labute approximate surface area is 133 Å². The number of rotatable bonds is 3. The molecule has 120 valence electrons. The largest absolute Gasteiger partial charge is 0.380 e. The Morgan fingerprint density at radius 2 is 1.91 bits per heavy atom. The lowest BCUT2D eigenvalue weighted by Gasteiger charge is -2.33. The lowest BCUT2D eigenvalue weighted by molar-refractivity contribution is 0.0717. The van der Waals surface area contributed by atoms with Gasteiger partial charge in [-0.2, -0.15) is 4.39 Å². The van der Waals surface area contributed by atoms with Crippen LogP contribution < -0.4 is 5.32 Å². The first-order valence-corrected chi connectivity index (χ1v) is 7.55. The maximum atomic E-state index is 13.6. The number of piperidine rings is 1. The van der Waals surface area contributed by atoms with E-state index in [1.165, 1.54) is 18.3 Å². The molecule has 3 rings (SSSR count). The summed E-state index contributed by atoms with van der Waals surface area (Å²) in [4.78, 5) is 17.5. The van der Waals surface area contributed by atoms with Gasteiger partial charge in [0.15, 0.2) is 0 Å². The smallest absolute Gasteiger partial charge is 0.254 e. The Balaban J connectivity index is 1.58. The Bertz CT molecular complexity index is 700. The molecule has 0 bridgehead atoms. The average Bonchev–Trinajstić information content (AvgIpc) is 2.57. The molecule has 1 amide bonds. The molecule has 0 unspecified atom stereocenters. The number of anilines is 1. The summed E-state index contributed by atoms with van der Waals surface area (Å²) >= 11 is 0. The van der Waals surface area contributed by atoms with Crippen molar-refractivity contribution in [1.29, 1.82) is 0 Å². The van der Waals surface area contributed by atoms with Crippen LogP contribution in [0.15, 0.2) is 42.6 Å². The average molecular weight is 317 g/mol. The van der Waals surface area contributed by atoms with Gasteiger partial charge in [-0.05, 0) is 31.0 Å². The molecule has 1 saturated heterocycles. The quantitative estimate of drug-likeness (QED) is 0.885. The summed E-state index contributed by atoms with van der Waals surface area (Å²) < 4.78 is 26.7. The van der Waals surface area contributed by atoms with E-state index >= 15 is 0 Å². The predicted octanol–water partition coefficient (Wildman–Crippen LogP) is 3.08. The van der Waals surface area contributed by atoms with Gasteiger partial charge < -0.3 is 10.2 Å². The first-order chi connectivity index (χ1) is 11.1. The SMILES string of the molecule is O=C(c1ccnc(F)c1)N1CCC(Nc2ccccc2F)CC1. The summed E-state index contributed by atoms with van der Waals surface area (Å²) in [6, 6.07) is 9.31. The fourth-order valence-corrected chi connectivity index (χ4v) is 2.74. The number of likely N-dealkylation sites (tertiary alicyclic amines) is 1. The zero-order chi connectivity index (χ0) is 16.2. The number of para-hydroxylation sites is 1. The Hall–Kier alpha value is -2.50. The van der Waals surface area contributed by atoms with E-state index in [0.29, 0.717) is 37.2 Å². The molecule has 1 N–H and O–H groups in total. The topological polar surface area (TPSA) is 45.2 Å². The molecule has 0 saturated carbocycles. The van der Waals surface area contributed by atoms with Crippen LogP contribution in [0, 0.1) is 11.8 Å². The van der Waals surface area contributed by atoms with Crippen molar-refractivity contribution in [3.05, 3.63) is 59.9 Å². The van der Waals surface area contributed by atoms with Crippen molar-refractivity contribution in [3.63, 3.8) is 0 Å². The van der Waals surface area contributed by atoms with Gasteiger partial charge in [-0.3, -0.25) is 4.79 Å². The fourth-order valence-electron chi connectivity index (χ4n) is 2.74. The maximum absolute atomic E-state index is 13.6. The van der Waals surface area contributed by atoms with E-state index in [1.807, 2.05) is 0 Å². The van der Waals surface area contributed by atoms with Crippen LogP contribution in [0.3, 0.4) is 0 Å². The van der Waals surface area contributed by atoms with Crippen molar-refractivity contribution in [2.75, 3.05) is 18.4 Å². The van der Waals surface area contributed by atoms with Crippen molar-refractivity contribution in [3.8, 4) is 0 Å². The Kier molecular flexibility index (Phi) is 4.50. The Morgan fingerprint density at radius 1 is 1.17 bits per heavy atom. The van der Waals surface area contributed by atoms with Gasteiger partial charge in [0.2, 0.25) is 5.95 Å². The zero-order valence-corrected chi connectivity index (χ0v) is 12.5. The van der Waals surface area contributed by atoms with E-state index in [0.717, 1.165) is 6.07 Å². The normalized spacial score (nSPS) is 15.5. The summed E-state index contributed by atoms with van der Waals surface area (Å²) in [5.41, 5.74) is 0.784. The summed E-state index contributed by atoms with van der Waals surface area (Å²) in [7, 11) is 0. The second-order valence-corrected chi connectivity index (χ2v) is 5.56. The van der Waals surface area contributed by atoms with Gasteiger partial charge >= 0.3 is 0 Å². The number of halogens is 2. The lowest BCUT2D eigenvalue weighted by Crippen LogP contribution is -2.42. The predicted molar refractivity (Wildman–Crippen MR) is 83.1 cm³/mol. The minimum Gasteiger partial charge on any atom is -0.380 e. The van der Waals surface area contributed by atoms with E-state index in [1.54, 1.807) is 23.1 Å². The second-order valence-electron chi connectivity index (χ2n) is 5.56. The van der Waals surface area contributed by atoms with Crippen LogP contribution in [0.5, 0.6) is 0 Å². The minimum atomic E-state index is -0.660. The molecule has 1 aliphatic heterocycles. The number of aromatic nitrogens is 1. The molecule has 23 heavy (non-hydrogen) atoms. The molecule has 1 aromatic carbocycles. The van der Waals surface area contributed by atoms with Crippen LogP contribution >= 0.6 is 0 Å². The molecular weight excluding hydrogens is 300 g/mol. The zero-order valence-electron chi connectivity index (χ0n) is 12.5. The number of hydrogen-bond donors (Lipinski definition) is 1. The first-order valence-electron chi connectivity index (χ1n) is 7.55. The van der Waals surface area contributed by atoms with Gasteiger partial charge in [-0.1, -0.05) is 12.1 Å². The lowest BCUT2D eigenvalue weighted by atomic mass is 10.0. The number of amides is 1. The van der Waals surface area contributed by atoms with Crippen LogP contribution in [0.1, 0.15) is 23.2 Å². The first kappa shape index (κ1) is 15.4. The molecule has 2 heterocycles. The van der Waals surface area contributed by atoms with E-state index in [4.69, 9.17) is 0 Å². The molecule has 0 atom stereocenters. The van der Waals surface area contributed by atoms with E-state index in [9.17, 15) is 13.6 Å². The summed E-state index contributed by atoms with van der Waals surface area (Å²) in [5.74, 6) is -1.14. The standard InChI is InChI=1S/C17H17F2N3O/c18-14-3-1-2-4-15(14)21-13-6-9-22(10-7-13)17(23)12-5-8-20-16(19)11-12/h1-5,8,11,13,21H,6-7,9-10H2. The van der Waals surface area contributed by atoms with Gasteiger partial charge in [-0.15, -0.1) is 0 Å². The molecule has 0 spiro atoms. The van der Waals surface area contributed by atoms with E-state index in [2.05, 4.69) is 10.3 Å². The number of nitrogens with zero attached hydrogens (tertiary/aromatic N) is 2. The number of carbonyl (C=O) groups is 1. The van der Waals surface area contributed by atoms with Crippen LogP contribution in [0.2, 0.25) is 0 Å². The third-order valence-electron chi connectivity index (χ3n) is 3.99. The van der Waals surface area contributed by atoms with Crippen molar-refractivity contribution < 1.29 is 13.6 Å². The van der Waals surface area contributed by atoms with Crippen LogP contribution in [0.25, 0.3) is 0 Å². The number of pyridine rings is 1. The van der Waals surface area contributed by atoms with Crippen LogP contribution in [-0.4, -0.2) is 34.9 Å². The molecule has 1 aliphatic rings. The molecule has 6 heteroatoms. The number of hydrogen-bond acceptors (Lipinski definition) is 3. The monoisotopic (exact) mass is 317 g/mol. The van der Waals surface area contributed by atoms with Crippen molar-refractivity contribution in [2.45, 2.75) is 18.9 Å². The Morgan fingerprint density at radius 3 is 2.61 bits per heavy atom. The van der Waals surface area contributed by atoms with E-state index < -0.39 is 5.95 Å². The molecule has 0 radical (unpaired) electrons. The number of nitrogens with one attached hydrogen (secondary N) is 1. The summed E-state index contributed by atoms with van der Waals surface area (Å²) in [5, 5.41) is 3.17. The molecular formula is C17H17F2N3O. The molecule has 1 aromatic heterocycles. The van der Waals surface area contributed by atoms with Crippen LogP contribution in [-0.2, 0) is 0 Å². The van der Waals surface area contributed by atoms with Gasteiger partial charge in [-0.25, -0.2) is 9.37 Å². The maximum Gasteiger partial charge on any atom is 0.254 e. The third kappa shape index (κ3) is 3.64. The fraction of sp³-hybridized carbons (Fsp3) is 0.294. The van der Waals surface area contributed by atoms with Crippen molar-refractivity contribution in [1.82, 2.24) is 9.88 Å². The van der Waals surface area contributed by atoms with Crippen LogP contribution in [0.4, 0.5) is 14.5 Å². The van der Waals surface area contributed by atoms with Gasteiger partial charge in [0.25, 0.3) is 5.91 Å². The minimum absolute atomic E-state index is 0.116. The highest BCUT2D eigenvalue weighted by Gasteiger charge is 2.24. The molecule has 1 fully saturated rings. The van der Waals surface area contributed by atoms with Crippen molar-refractivity contribution in [2.24, 2.45) is 0 Å². The highest BCUT2D eigenvalue weighted by molar-refractivity contribution is 5.94. The number of carbonyl (C=O) groups excluding carboxylic acids is 1. The molecule has 0 aliphatic carbocycles. The highest BCUT2D eigenvalue weighted by atomic mass is 19.1. The van der Waals surface area contributed by atoms with Crippen molar-refractivity contribution >= 4 is 11.6 Å². The third-order valence-corrected chi connectivity index (χ3v) is 3.99. The van der Waals surface area contributed by atoms with E-state index in [-0.39, 0.29) is 17.8 Å². The summed E-state index contributed by atoms with van der Waals surface area (Å²) in [6.07, 6.45) is 2.72. The highest BCUT2D eigenvalue weighted by Crippen LogP contribution is 2.20. The van der Waals surface area contributed by atoms with Gasteiger partial charge in [0, 0.05) is 37.0 Å². The van der Waals surface area contributed by atoms with Gasteiger partial charge in [0.1, 0.15) is 5.82 Å². The van der Waals surface area contributed by atoms with Gasteiger partial charge in [0.05, 0.1) is 5.69 Å². The summed E-state index contributed by atoms with van der Waals surface area (Å²) in [6.45, 7) is 1.10. The second kappa shape index (κ2) is 6.73. The number of benzene rings is 1. The molecule has 2 aromatic rings. The molecule has 4 nitrogen and oxygen atoms in total.